The number of azo groups is 1. The number of aromatic nitrogens is 1. The molecule has 0 saturated heterocycles. The lowest BCUT2D eigenvalue weighted by atomic mass is 10.2. The van der Waals surface area contributed by atoms with Crippen molar-refractivity contribution in [3.8, 4) is 6.07 Å². The van der Waals surface area contributed by atoms with E-state index in [0.29, 0.717) is 46.2 Å². The molecule has 0 spiro atoms. The lowest BCUT2D eigenvalue weighted by Crippen LogP contribution is -2.32. The van der Waals surface area contributed by atoms with Crippen LogP contribution in [-0.4, -0.2) is 42.6 Å². The topological polar surface area (TPSA) is 117 Å². The molecule has 0 saturated carbocycles. The van der Waals surface area contributed by atoms with E-state index in [4.69, 9.17) is 9.47 Å². The Bertz CT molecular complexity index is 1070. The first kappa shape index (κ1) is 25.4. The number of hydrogen-bond acceptors (Lipinski definition) is 10. The summed E-state index contributed by atoms with van der Waals surface area (Å²) in [5, 5.41) is 18.0. The van der Waals surface area contributed by atoms with Gasteiger partial charge in [0, 0.05) is 16.8 Å². The van der Waals surface area contributed by atoms with Gasteiger partial charge in [0.15, 0.2) is 5.00 Å². The van der Waals surface area contributed by atoms with E-state index >= 15 is 0 Å². The van der Waals surface area contributed by atoms with E-state index in [-0.39, 0.29) is 13.2 Å². The third-order valence-electron chi connectivity index (χ3n) is 4.31. The number of benzene rings is 1. The van der Waals surface area contributed by atoms with Gasteiger partial charge in [-0.3, -0.25) is 0 Å². The summed E-state index contributed by atoms with van der Waals surface area (Å²) in [6.45, 7) is 13.1. The second-order valence-electron chi connectivity index (χ2n) is 7.10. The van der Waals surface area contributed by atoms with Crippen molar-refractivity contribution in [2.24, 2.45) is 10.2 Å². The number of esters is 2. The largest absolute Gasteiger partial charge is 0.460 e. The van der Waals surface area contributed by atoms with Crippen molar-refractivity contribution in [2.45, 2.75) is 20.8 Å². The van der Waals surface area contributed by atoms with Crippen molar-refractivity contribution >= 4 is 39.8 Å². The monoisotopic (exact) mass is 467 g/mol. The number of nitrogens with zero attached hydrogens (tertiary/aromatic N) is 5. The minimum absolute atomic E-state index is 0.142. The van der Waals surface area contributed by atoms with E-state index in [1.54, 1.807) is 32.9 Å². The normalized spacial score (nSPS) is 10.5. The van der Waals surface area contributed by atoms with Crippen LogP contribution in [0.4, 0.5) is 16.4 Å². The Morgan fingerprint density at radius 3 is 2.09 bits per heavy atom. The van der Waals surface area contributed by atoms with Crippen LogP contribution in [0.2, 0.25) is 0 Å². The summed E-state index contributed by atoms with van der Waals surface area (Å²) in [6, 6.07) is 9.28. The zero-order chi connectivity index (χ0) is 24.4. The second kappa shape index (κ2) is 12.3. The summed E-state index contributed by atoms with van der Waals surface area (Å²) in [5.74, 6) is -0.927. The van der Waals surface area contributed by atoms with Crippen LogP contribution in [0.5, 0.6) is 0 Å². The number of carbonyl (C=O) groups excluding carboxylic acids is 2. The Kier molecular flexibility index (Phi) is 9.45. The fraction of sp³-hybridized carbons (Fsp3) is 0.304. The van der Waals surface area contributed by atoms with E-state index in [1.165, 1.54) is 0 Å². The van der Waals surface area contributed by atoms with Crippen LogP contribution in [0, 0.1) is 18.3 Å². The number of ether oxygens (including phenoxy) is 2. The van der Waals surface area contributed by atoms with E-state index < -0.39 is 11.9 Å². The highest BCUT2D eigenvalue weighted by atomic mass is 32.1. The molecule has 2 rings (SSSR count). The lowest BCUT2D eigenvalue weighted by molar-refractivity contribution is -0.139. The first-order valence-corrected chi connectivity index (χ1v) is 10.8. The SMILES string of the molecule is C=C(C)C(=O)OCCN(CCOC(=O)C(=C)C)c1ccc(/N=N/c2snc(C)c2C#N)cc1. The molecule has 0 aliphatic rings. The quantitative estimate of drug-likeness (QED) is 0.265. The summed E-state index contributed by atoms with van der Waals surface area (Å²) in [7, 11) is 0. The van der Waals surface area contributed by atoms with Crippen molar-refractivity contribution in [2.75, 3.05) is 31.2 Å². The van der Waals surface area contributed by atoms with Crippen LogP contribution in [0.25, 0.3) is 0 Å². The Morgan fingerprint density at radius 2 is 1.61 bits per heavy atom. The van der Waals surface area contributed by atoms with Gasteiger partial charge in [0.25, 0.3) is 0 Å². The summed E-state index contributed by atoms with van der Waals surface area (Å²) in [6.07, 6.45) is 0. The average Bonchev–Trinajstić information content (AvgIpc) is 3.15. The molecule has 1 heterocycles. The molecule has 10 heteroatoms. The Labute approximate surface area is 196 Å². The highest BCUT2D eigenvalue weighted by molar-refractivity contribution is 7.10. The molecule has 0 aliphatic carbocycles. The molecule has 0 unspecified atom stereocenters. The molecule has 0 N–H and O–H groups in total. The van der Waals surface area contributed by atoms with Crippen molar-refractivity contribution in [3.63, 3.8) is 0 Å². The van der Waals surface area contributed by atoms with E-state index in [0.717, 1.165) is 17.2 Å². The fourth-order valence-electron chi connectivity index (χ4n) is 2.50. The summed E-state index contributed by atoms with van der Waals surface area (Å²) in [5.41, 5.74) is 3.10. The highest BCUT2D eigenvalue weighted by Gasteiger charge is 2.12. The summed E-state index contributed by atoms with van der Waals surface area (Å²) in [4.78, 5) is 25.2. The third kappa shape index (κ3) is 7.66. The van der Waals surface area contributed by atoms with Gasteiger partial charge in [-0.1, -0.05) is 13.2 Å². The fourth-order valence-corrected chi connectivity index (χ4v) is 3.18. The third-order valence-corrected chi connectivity index (χ3v) is 5.14. The van der Waals surface area contributed by atoms with Crippen molar-refractivity contribution < 1.29 is 19.1 Å². The van der Waals surface area contributed by atoms with Crippen molar-refractivity contribution in [3.05, 3.63) is 59.8 Å². The first-order chi connectivity index (χ1) is 15.7. The van der Waals surface area contributed by atoms with Crippen LogP contribution in [0.15, 0.2) is 58.8 Å². The minimum atomic E-state index is -0.463. The average molecular weight is 468 g/mol. The molecule has 0 aliphatic heterocycles. The number of rotatable bonds is 11. The van der Waals surface area contributed by atoms with Crippen LogP contribution >= 0.6 is 11.5 Å². The maximum Gasteiger partial charge on any atom is 0.333 e. The van der Waals surface area contributed by atoms with Gasteiger partial charge in [0.05, 0.1) is 24.5 Å². The van der Waals surface area contributed by atoms with Crippen molar-refractivity contribution in [1.82, 2.24) is 4.37 Å². The molecule has 0 fully saturated rings. The van der Waals surface area contributed by atoms with Gasteiger partial charge in [-0.25, -0.2) is 9.59 Å². The van der Waals surface area contributed by atoms with Gasteiger partial charge in [0.2, 0.25) is 0 Å². The highest BCUT2D eigenvalue weighted by Crippen LogP contribution is 2.29. The Balaban J connectivity index is 2.08. The predicted octanol–water partition coefficient (Wildman–Crippen LogP) is 4.78. The zero-order valence-electron chi connectivity index (χ0n) is 18.8. The number of nitriles is 1. The molecule has 0 radical (unpaired) electrons. The van der Waals surface area contributed by atoms with Gasteiger partial charge in [-0.2, -0.15) is 9.64 Å². The van der Waals surface area contributed by atoms with Gasteiger partial charge in [-0.05, 0) is 56.6 Å². The summed E-state index contributed by atoms with van der Waals surface area (Å²) < 4.78 is 14.5. The Morgan fingerprint density at radius 1 is 1.06 bits per heavy atom. The molecule has 33 heavy (non-hydrogen) atoms. The molecular formula is C23H25N5O4S. The predicted molar refractivity (Wildman–Crippen MR) is 126 cm³/mol. The molecule has 0 atom stereocenters. The van der Waals surface area contributed by atoms with Crippen LogP contribution < -0.4 is 4.90 Å². The smallest absolute Gasteiger partial charge is 0.333 e. The van der Waals surface area contributed by atoms with Crippen LogP contribution in [0.1, 0.15) is 25.1 Å². The number of carbonyl (C=O) groups is 2. The molecule has 2 aromatic rings. The molecule has 1 aromatic carbocycles. The van der Waals surface area contributed by atoms with Gasteiger partial charge in [0.1, 0.15) is 24.8 Å². The van der Waals surface area contributed by atoms with Gasteiger partial charge in [-0.15, -0.1) is 10.2 Å². The van der Waals surface area contributed by atoms with Crippen LogP contribution in [0.3, 0.4) is 0 Å². The molecule has 0 amide bonds. The van der Waals surface area contributed by atoms with Gasteiger partial charge >= 0.3 is 11.9 Å². The number of aryl methyl sites for hydroxylation is 1. The second-order valence-corrected chi connectivity index (χ2v) is 7.85. The van der Waals surface area contributed by atoms with E-state index in [1.807, 2.05) is 17.0 Å². The van der Waals surface area contributed by atoms with Gasteiger partial charge < -0.3 is 14.4 Å². The molecule has 172 valence electrons. The standard InChI is InChI=1S/C23H25N5O4S/c1-15(2)22(29)31-12-10-28(11-13-32-23(30)16(3)4)19-8-6-18(7-9-19)25-26-21-20(14-24)17(5)27-33-21/h6-9H,1,3,10-13H2,2,4-5H3/b26-25+. The number of hydrogen-bond donors (Lipinski definition) is 0. The summed E-state index contributed by atoms with van der Waals surface area (Å²) >= 11 is 1.12. The molecule has 0 bridgehead atoms. The molecule has 9 nitrogen and oxygen atoms in total. The zero-order valence-corrected chi connectivity index (χ0v) is 19.6. The molecular weight excluding hydrogens is 442 g/mol. The minimum Gasteiger partial charge on any atom is -0.460 e. The van der Waals surface area contributed by atoms with Crippen LogP contribution in [-0.2, 0) is 19.1 Å². The first-order valence-electron chi connectivity index (χ1n) is 10.0. The lowest BCUT2D eigenvalue weighted by Gasteiger charge is -2.24. The number of anilines is 1. The van der Waals surface area contributed by atoms with E-state index in [9.17, 15) is 14.9 Å². The maximum atomic E-state index is 11.7. The van der Waals surface area contributed by atoms with E-state index in [2.05, 4.69) is 33.8 Å². The van der Waals surface area contributed by atoms with Crippen molar-refractivity contribution in [1.29, 1.82) is 5.26 Å². The Hall–Kier alpha value is -3.84. The molecule has 1 aromatic heterocycles. The maximum absolute atomic E-state index is 11.7.